The predicted molar refractivity (Wildman–Crippen MR) is 86.2 cm³/mol. The molecule has 21 heavy (non-hydrogen) atoms. The molecule has 0 spiro atoms. The maximum atomic E-state index is 6.20. The van der Waals surface area contributed by atoms with Crippen LogP contribution in [0.3, 0.4) is 0 Å². The monoisotopic (exact) mass is 293 g/mol. The second kappa shape index (κ2) is 8.54. The van der Waals surface area contributed by atoms with E-state index in [4.69, 9.17) is 4.74 Å². The molecule has 4 nitrogen and oxygen atoms in total. The van der Waals surface area contributed by atoms with E-state index in [1.807, 2.05) is 12.4 Å². The van der Waals surface area contributed by atoms with Crippen LogP contribution in [-0.4, -0.2) is 28.8 Å². The minimum absolute atomic E-state index is 0.202. The Morgan fingerprint density at radius 3 is 2.67 bits per heavy atom. The summed E-state index contributed by atoms with van der Waals surface area (Å²) in [5.41, 5.74) is 0. The Morgan fingerprint density at radius 2 is 2.10 bits per heavy atom. The van der Waals surface area contributed by atoms with Gasteiger partial charge in [-0.2, -0.15) is 0 Å². The van der Waals surface area contributed by atoms with Crippen LogP contribution in [0, 0.1) is 5.92 Å². The molecule has 1 aromatic rings. The van der Waals surface area contributed by atoms with Gasteiger partial charge in [0.05, 0.1) is 12.1 Å². The Labute approximate surface area is 129 Å². The first kappa shape index (κ1) is 16.5. The summed E-state index contributed by atoms with van der Waals surface area (Å²) in [7, 11) is 2.08. The van der Waals surface area contributed by atoms with Gasteiger partial charge in [0, 0.05) is 26.0 Å². The third kappa shape index (κ3) is 4.30. The maximum Gasteiger partial charge on any atom is 0.128 e. The van der Waals surface area contributed by atoms with E-state index in [1.165, 1.54) is 32.1 Å². The zero-order valence-corrected chi connectivity index (χ0v) is 13.8. The highest BCUT2D eigenvalue weighted by Gasteiger charge is 2.33. The number of rotatable bonds is 8. The molecule has 0 radical (unpaired) electrons. The standard InChI is InChI=1S/C17H31N3O/c1-4-11-18-15(17-19-12-13-20(17)3)16(21-5-2)14-9-7-6-8-10-14/h12-16,18H,4-11H2,1-3H3. The lowest BCUT2D eigenvalue weighted by atomic mass is 9.82. The van der Waals surface area contributed by atoms with Crippen LogP contribution in [0.5, 0.6) is 0 Å². The lowest BCUT2D eigenvalue weighted by Crippen LogP contribution is -2.41. The van der Waals surface area contributed by atoms with Gasteiger partial charge in [-0.1, -0.05) is 26.2 Å². The summed E-state index contributed by atoms with van der Waals surface area (Å²) in [5.74, 6) is 1.76. The van der Waals surface area contributed by atoms with E-state index >= 15 is 0 Å². The summed E-state index contributed by atoms with van der Waals surface area (Å²) in [6, 6.07) is 0.202. The van der Waals surface area contributed by atoms with Crippen molar-refractivity contribution in [3.8, 4) is 0 Å². The van der Waals surface area contributed by atoms with Gasteiger partial charge in [0.2, 0.25) is 0 Å². The van der Waals surface area contributed by atoms with Crippen LogP contribution in [-0.2, 0) is 11.8 Å². The van der Waals surface area contributed by atoms with Crippen LogP contribution in [0.1, 0.15) is 64.2 Å². The van der Waals surface area contributed by atoms with E-state index in [1.54, 1.807) is 0 Å². The Kier molecular flexibility index (Phi) is 6.71. The fourth-order valence-corrected chi connectivity index (χ4v) is 3.49. The topological polar surface area (TPSA) is 39.1 Å². The van der Waals surface area contributed by atoms with E-state index < -0.39 is 0 Å². The maximum absolute atomic E-state index is 6.20. The molecule has 0 saturated heterocycles. The van der Waals surface area contributed by atoms with Crippen molar-refractivity contribution in [3.05, 3.63) is 18.2 Å². The van der Waals surface area contributed by atoms with Gasteiger partial charge in [-0.05, 0) is 38.6 Å². The summed E-state index contributed by atoms with van der Waals surface area (Å²) >= 11 is 0. The highest BCUT2D eigenvalue weighted by molar-refractivity contribution is 5.03. The molecule has 2 atom stereocenters. The lowest BCUT2D eigenvalue weighted by Gasteiger charge is -2.35. The second-order valence-electron chi connectivity index (χ2n) is 6.15. The highest BCUT2D eigenvalue weighted by Crippen LogP contribution is 2.34. The molecule has 2 rings (SSSR count). The zero-order valence-electron chi connectivity index (χ0n) is 13.8. The van der Waals surface area contributed by atoms with Crippen LogP contribution in [0.25, 0.3) is 0 Å². The molecule has 0 aromatic carbocycles. The Balaban J connectivity index is 2.19. The molecular weight excluding hydrogens is 262 g/mol. The first-order valence-electron chi connectivity index (χ1n) is 8.60. The molecular formula is C17H31N3O. The van der Waals surface area contributed by atoms with Gasteiger partial charge >= 0.3 is 0 Å². The molecule has 1 heterocycles. The zero-order chi connectivity index (χ0) is 15.1. The van der Waals surface area contributed by atoms with Crippen molar-refractivity contribution >= 4 is 0 Å². The van der Waals surface area contributed by atoms with Gasteiger partial charge in [-0.3, -0.25) is 0 Å². The predicted octanol–water partition coefficient (Wildman–Crippen LogP) is 3.45. The van der Waals surface area contributed by atoms with Crippen LogP contribution >= 0.6 is 0 Å². The summed E-state index contributed by atoms with van der Waals surface area (Å²) in [6.07, 6.45) is 11.9. The number of hydrogen-bond acceptors (Lipinski definition) is 3. The molecule has 0 aliphatic heterocycles. The summed E-state index contributed by atoms with van der Waals surface area (Å²) in [6.45, 7) is 6.09. The molecule has 0 bridgehead atoms. The van der Waals surface area contributed by atoms with E-state index in [2.05, 4.69) is 35.8 Å². The minimum atomic E-state index is 0.202. The van der Waals surface area contributed by atoms with Crippen molar-refractivity contribution in [1.29, 1.82) is 0 Å². The van der Waals surface area contributed by atoms with Gasteiger partial charge < -0.3 is 14.6 Å². The number of aromatic nitrogens is 2. The lowest BCUT2D eigenvalue weighted by molar-refractivity contribution is -0.0207. The average molecular weight is 293 g/mol. The van der Waals surface area contributed by atoms with Gasteiger partial charge in [0.25, 0.3) is 0 Å². The Bertz CT molecular complexity index is 398. The molecule has 1 saturated carbocycles. The number of nitrogens with one attached hydrogen (secondary N) is 1. The minimum Gasteiger partial charge on any atom is -0.376 e. The SMILES string of the molecule is CCCNC(c1nccn1C)C(OCC)C1CCCCC1. The molecule has 2 unspecified atom stereocenters. The average Bonchev–Trinajstić information content (AvgIpc) is 2.93. The van der Waals surface area contributed by atoms with Crippen LogP contribution in [0.4, 0.5) is 0 Å². The first-order chi connectivity index (χ1) is 10.3. The fourth-order valence-electron chi connectivity index (χ4n) is 3.49. The normalized spacial score (nSPS) is 19.6. The second-order valence-corrected chi connectivity index (χ2v) is 6.15. The van der Waals surface area contributed by atoms with Crippen molar-refractivity contribution in [1.82, 2.24) is 14.9 Å². The molecule has 0 amide bonds. The van der Waals surface area contributed by atoms with Crippen molar-refractivity contribution in [2.45, 2.75) is 64.5 Å². The van der Waals surface area contributed by atoms with E-state index in [0.29, 0.717) is 5.92 Å². The van der Waals surface area contributed by atoms with Crippen molar-refractivity contribution in [2.75, 3.05) is 13.2 Å². The highest BCUT2D eigenvalue weighted by atomic mass is 16.5. The van der Waals surface area contributed by atoms with Crippen LogP contribution < -0.4 is 5.32 Å². The van der Waals surface area contributed by atoms with Gasteiger partial charge in [-0.25, -0.2) is 4.98 Å². The van der Waals surface area contributed by atoms with Crippen molar-refractivity contribution in [3.63, 3.8) is 0 Å². The van der Waals surface area contributed by atoms with Crippen LogP contribution in [0.15, 0.2) is 12.4 Å². The van der Waals surface area contributed by atoms with Gasteiger partial charge in [-0.15, -0.1) is 0 Å². The quantitative estimate of drug-likeness (QED) is 0.798. The number of nitrogens with zero attached hydrogens (tertiary/aromatic N) is 2. The third-order valence-corrected chi connectivity index (χ3v) is 4.55. The first-order valence-corrected chi connectivity index (χ1v) is 8.60. The van der Waals surface area contributed by atoms with E-state index in [-0.39, 0.29) is 12.1 Å². The van der Waals surface area contributed by atoms with E-state index in [9.17, 15) is 0 Å². The number of hydrogen-bond donors (Lipinski definition) is 1. The molecule has 1 aliphatic rings. The largest absolute Gasteiger partial charge is 0.376 e. The molecule has 120 valence electrons. The van der Waals surface area contributed by atoms with Crippen molar-refractivity contribution in [2.24, 2.45) is 13.0 Å². The van der Waals surface area contributed by atoms with E-state index in [0.717, 1.165) is 25.4 Å². The molecule has 1 aliphatic carbocycles. The fraction of sp³-hybridized carbons (Fsp3) is 0.824. The molecule has 1 aromatic heterocycles. The molecule has 1 fully saturated rings. The summed E-state index contributed by atoms with van der Waals surface area (Å²) < 4.78 is 8.33. The van der Waals surface area contributed by atoms with Gasteiger partial charge in [0.15, 0.2) is 0 Å². The smallest absolute Gasteiger partial charge is 0.128 e. The summed E-state index contributed by atoms with van der Waals surface area (Å²) in [5, 5.41) is 3.69. The number of imidazole rings is 1. The van der Waals surface area contributed by atoms with Crippen LogP contribution in [0.2, 0.25) is 0 Å². The number of aryl methyl sites for hydroxylation is 1. The molecule has 4 heteroatoms. The van der Waals surface area contributed by atoms with Gasteiger partial charge in [0.1, 0.15) is 5.82 Å². The Hall–Kier alpha value is -0.870. The summed E-state index contributed by atoms with van der Waals surface area (Å²) in [4.78, 5) is 4.59. The Morgan fingerprint density at radius 1 is 1.33 bits per heavy atom. The third-order valence-electron chi connectivity index (χ3n) is 4.55. The molecule has 1 N–H and O–H groups in total. The van der Waals surface area contributed by atoms with Crippen molar-refractivity contribution < 1.29 is 4.74 Å². The number of ether oxygens (including phenoxy) is 1.